The van der Waals surface area contributed by atoms with Crippen molar-refractivity contribution in [2.75, 3.05) is 6.61 Å². The Labute approximate surface area is 101 Å². The largest absolute Gasteiger partial charge is 0.461 e. The molecule has 1 unspecified atom stereocenters. The summed E-state index contributed by atoms with van der Waals surface area (Å²) < 4.78 is 5.07. The standard InChI is InChI=1S/C13H16O2S/c1-3-4-10-15-13(14)11(2)16-12-8-6-5-7-9-12/h3-9,11H,10H2,1-2H3/b4-3+. The Morgan fingerprint density at radius 2 is 2.12 bits per heavy atom. The van der Waals surface area contributed by atoms with Gasteiger partial charge in [-0.3, -0.25) is 4.79 Å². The van der Waals surface area contributed by atoms with E-state index in [1.165, 1.54) is 11.8 Å². The SMILES string of the molecule is C/C=C/COC(=O)C(C)Sc1ccccc1. The molecule has 0 heterocycles. The van der Waals surface area contributed by atoms with Crippen LogP contribution in [0.15, 0.2) is 47.4 Å². The summed E-state index contributed by atoms with van der Waals surface area (Å²) in [4.78, 5) is 12.6. The van der Waals surface area contributed by atoms with E-state index in [2.05, 4.69) is 0 Å². The number of carbonyl (C=O) groups excluding carboxylic acids is 1. The smallest absolute Gasteiger partial charge is 0.319 e. The van der Waals surface area contributed by atoms with Gasteiger partial charge >= 0.3 is 5.97 Å². The number of allylic oxidation sites excluding steroid dienone is 1. The molecule has 0 aliphatic carbocycles. The van der Waals surface area contributed by atoms with Crippen molar-refractivity contribution in [3.63, 3.8) is 0 Å². The van der Waals surface area contributed by atoms with E-state index in [4.69, 9.17) is 4.74 Å². The van der Waals surface area contributed by atoms with Crippen LogP contribution < -0.4 is 0 Å². The van der Waals surface area contributed by atoms with Crippen LogP contribution in [0.1, 0.15) is 13.8 Å². The molecule has 1 rings (SSSR count). The zero-order chi connectivity index (χ0) is 11.8. The first kappa shape index (κ1) is 12.8. The molecule has 1 aromatic rings. The molecule has 2 nitrogen and oxygen atoms in total. The zero-order valence-corrected chi connectivity index (χ0v) is 10.4. The van der Waals surface area contributed by atoms with E-state index in [1.54, 1.807) is 0 Å². The highest BCUT2D eigenvalue weighted by atomic mass is 32.2. The first-order chi connectivity index (χ1) is 7.74. The van der Waals surface area contributed by atoms with E-state index >= 15 is 0 Å². The fraction of sp³-hybridized carbons (Fsp3) is 0.308. The first-order valence-electron chi connectivity index (χ1n) is 5.23. The van der Waals surface area contributed by atoms with E-state index in [0.29, 0.717) is 6.61 Å². The number of benzene rings is 1. The second-order valence-electron chi connectivity index (χ2n) is 3.27. The molecule has 0 bridgehead atoms. The Balaban J connectivity index is 2.40. The molecule has 86 valence electrons. The second kappa shape index (κ2) is 7.12. The van der Waals surface area contributed by atoms with Gasteiger partial charge in [0.25, 0.3) is 0 Å². The van der Waals surface area contributed by atoms with Crippen molar-refractivity contribution in [1.29, 1.82) is 0 Å². The minimum atomic E-state index is -0.174. The molecular weight excluding hydrogens is 220 g/mol. The molecule has 0 spiro atoms. The van der Waals surface area contributed by atoms with Crippen molar-refractivity contribution in [1.82, 2.24) is 0 Å². The van der Waals surface area contributed by atoms with Crippen molar-refractivity contribution in [3.8, 4) is 0 Å². The van der Waals surface area contributed by atoms with Crippen molar-refractivity contribution >= 4 is 17.7 Å². The maximum absolute atomic E-state index is 11.5. The normalized spacial score (nSPS) is 12.6. The van der Waals surface area contributed by atoms with E-state index in [0.717, 1.165) is 4.90 Å². The van der Waals surface area contributed by atoms with Crippen molar-refractivity contribution in [2.45, 2.75) is 24.0 Å². The molecule has 3 heteroatoms. The summed E-state index contributed by atoms with van der Waals surface area (Å²) in [5.41, 5.74) is 0. The van der Waals surface area contributed by atoms with Crippen LogP contribution in [0.5, 0.6) is 0 Å². The molecule has 0 saturated carbocycles. The number of ether oxygens (including phenoxy) is 1. The fourth-order valence-corrected chi connectivity index (χ4v) is 1.98. The van der Waals surface area contributed by atoms with Crippen molar-refractivity contribution < 1.29 is 9.53 Å². The number of hydrogen-bond acceptors (Lipinski definition) is 3. The zero-order valence-electron chi connectivity index (χ0n) is 9.55. The molecule has 1 atom stereocenters. The first-order valence-corrected chi connectivity index (χ1v) is 6.11. The summed E-state index contributed by atoms with van der Waals surface area (Å²) >= 11 is 1.51. The minimum absolute atomic E-state index is 0.173. The highest BCUT2D eigenvalue weighted by molar-refractivity contribution is 8.00. The van der Waals surface area contributed by atoms with Gasteiger partial charge in [-0.15, -0.1) is 11.8 Å². The molecule has 0 N–H and O–H groups in total. The Kier molecular flexibility index (Phi) is 5.72. The molecule has 0 fully saturated rings. The lowest BCUT2D eigenvalue weighted by atomic mass is 10.4. The fourth-order valence-electron chi connectivity index (χ4n) is 1.10. The molecule has 0 amide bonds. The number of thioether (sulfide) groups is 1. The van der Waals surface area contributed by atoms with Crippen LogP contribution in [-0.4, -0.2) is 17.8 Å². The summed E-state index contributed by atoms with van der Waals surface area (Å²) in [6, 6.07) is 9.85. The van der Waals surface area contributed by atoms with E-state index in [-0.39, 0.29) is 11.2 Å². The molecule has 16 heavy (non-hydrogen) atoms. The Hall–Kier alpha value is -1.22. The number of rotatable bonds is 5. The highest BCUT2D eigenvalue weighted by Gasteiger charge is 2.14. The van der Waals surface area contributed by atoms with Gasteiger partial charge in [-0.2, -0.15) is 0 Å². The van der Waals surface area contributed by atoms with Gasteiger partial charge in [0.1, 0.15) is 11.9 Å². The van der Waals surface area contributed by atoms with Crippen LogP contribution in [0.2, 0.25) is 0 Å². The maximum atomic E-state index is 11.5. The van der Waals surface area contributed by atoms with Gasteiger partial charge in [0.2, 0.25) is 0 Å². The van der Waals surface area contributed by atoms with Crippen LogP contribution in [0, 0.1) is 0 Å². The van der Waals surface area contributed by atoms with Gasteiger partial charge in [-0.25, -0.2) is 0 Å². The summed E-state index contributed by atoms with van der Waals surface area (Å²) in [6.07, 6.45) is 3.68. The van der Waals surface area contributed by atoms with E-state index in [9.17, 15) is 4.79 Å². The third-order valence-electron chi connectivity index (χ3n) is 1.95. The number of hydrogen-bond donors (Lipinski definition) is 0. The summed E-state index contributed by atoms with van der Waals surface area (Å²) in [5.74, 6) is -0.174. The summed E-state index contributed by atoms with van der Waals surface area (Å²) in [6.45, 7) is 4.11. The van der Waals surface area contributed by atoms with Gasteiger partial charge in [0.05, 0.1) is 0 Å². The summed E-state index contributed by atoms with van der Waals surface area (Å²) in [7, 11) is 0. The molecule has 1 aromatic carbocycles. The average molecular weight is 236 g/mol. The molecule has 0 saturated heterocycles. The van der Waals surface area contributed by atoms with Crippen molar-refractivity contribution in [2.24, 2.45) is 0 Å². The van der Waals surface area contributed by atoms with Crippen LogP contribution in [0.25, 0.3) is 0 Å². The molecule has 0 aliphatic heterocycles. The third kappa shape index (κ3) is 4.53. The average Bonchev–Trinajstić information content (AvgIpc) is 2.30. The Morgan fingerprint density at radius 3 is 2.75 bits per heavy atom. The lowest BCUT2D eigenvalue weighted by molar-refractivity contribution is -0.141. The summed E-state index contributed by atoms with van der Waals surface area (Å²) in [5, 5.41) is -0.173. The van der Waals surface area contributed by atoms with E-state index in [1.807, 2.05) is 56.3 Å². The van der Waals surface area contributed by atoms with Crippen molar-refractivity contribution in [3.05, 3.63) is 42.5 Å². The number of esters is 1. The second-order valence-corrected chi connectivity index (χ2v) is 4.69. The van der Waals surface area contributed by atoms with Gasteiger partial charge in [0, 0.05) is 4.90 Å². The third-order valence-corrected chi connectivity index (χ3v) is 3.04. The Bertz CT molecular complexity index is 346. The number of carbonyl (C=O) groups is 1. The monoisotopic (exact) mass is 236 g/mol. The highest BCUT2D eigenvalue weighted by Crippen LogP contribution is 2.23. The van der Waals surface area contributed by atoms with Gasteiger partial charge in [-0.1, -0.05) is 30.4 Å². The topological polar surface area (TPSA) is 26.3 Å². The lowest BCUT2D eigenvalue weighted by Crippen LogP contribution is -2.16. The maximum Gasteiger partial charge on any atom is 0.319 e. The predicted molar refractivity (Wildman–Crippen MR) is 67.5 cm³/mol. The lowest BCUT2D eigenvalue weighted by Gasteiger charge is -2.09. The van der Waals surface area contributed by atoms with Crippen LogP contribution in [-0.2, 0) is 9.53 Å². The van der Waals surface area contributed by atoms with Gasteiger partial charge < -0.3 is 4.74 Å². The molecule has 0 radical (unpaired) electrons. The van der Waals surface area contributed by atoms with E-state index < -0.39 is 0 Å². The van der Waals surface area contributed by atoms with Gasteiger partial charge in [-0.05, 0) is 26.0 Å². The quantitative estimate of drug-likeness (QED) is 0.446. The van der Waals surface area contributed by atoms with Crippen LogP contribution in [0.3, 0.4) is 0 Å². The minimum Gasteiger partial charge on any atom is -0.461 e. The van der Waals surface area contributed by atoms with Crippen LogP contribution in [0.4, 0.5) is 0 Å². The molecule has 0 aromatic heterocycles. The van der Waals surface area contributed by atoms with Gasteiger partial charge in [0.15, 0.2) is 0 Å². The molecular formula is C13H16O2S. The Morgan fingerprint density at radius 1 is 1.44 bits per heavy atom. The predicted octanol–water partition coefficient (Wildman–Crippen LogP) is 3.29. The molecule has 0 aliphatic rings. The van der Waals surface area contributed by atoms with Crippen LogP contribution >= 0.6 is 11.8 Å².